The minimum Gasteiger partial charge on any atom is -0.379 e. The quantitative estimate of drug-likeness (QED) is 0.135. The molecule has 2 heterocycles. The molecule has 0 aliphatic carbocycles. The number of ether oxygens (including phenoxy) is 2. The number of hydrogen-bond donors (Lipinski definition) is 4. The predicted octanol–water partition coefficient (Wildman–Crippen LogP) is 2.63. The van der Waals surface area contributed by atoms with Crippen LogP contribution in [-0.2, 0) is 44.7 Å². The highest BCUT2D eigenvalue weighted by atomic mass is 16.5. The van der Waals surface area contributed by atoms with Crippen LogP contribution in [0.2, 0.25) is 0 Å². The van der Waals surface area contributed by atoms with E-state index in [-0.39, 0.29) is 59.9 Å². The average molecular weight is 857 g/mol. The zero-order valence-corrected chi connectivity index (χ0v) is 38.9. The number of anilines is 1. The van der Waals surface area contributed by atoms with Crippen LogP contribution in [0, 0.1) is 17.8 Å². The summed E-state index contributed by atoms with van der Waals surface area (Å²) in [5.41, 5.74) is 7.08. The van der Waals surface area contributed by atoms with Crippen molar-refractivity contribution >= 4 is 41.1 Å². The van der Waals surface area contributed by atoms with Crippen LogP contribution in [0.3, 0.4) is 0 Å². The molecule has 61 heavy (non-hydrogen) atoms. The summed E-state index contributed by atoms with van der Waals surface area (Å²) in [5.74, 6) is -2.14. The van der Waals surface area contributed by atoms with Crippen molar-refractivity contribution in [2.24, 2.45) is 23.5 Å². The van der Waals surface area contributed by atoms with E-state index in [1.165, 1.54) is 0 Å². The fourth-order valence-corrected chi connectivity index (χ4v) is 8.74. The zero-order chi connectivity index (χ0) is 45.7. The zero-order valence-electron chi connectivity index (χ0n) is 38.9. The lowest BCUT2D eigenvalue weighted by Crippen LogP contribution is -2.59. The first-order valence-electron chi connectivity index (χ1n) is 22.1. The molecule has 6 amide bonds. The molecule has 10 atom stereocenters. The summed E-state index contributed by atoms with van der Waals surface area (Å²) in [6, 6.07) is 4.05. The van der Waals surface area contributed by atoms with Gasteiger partial charge in [-0.25, -0.2) is 0 Å². The molecule has 2 aliphatic rings. The number of amides is 6. The second-order valence-electron chi connectivity index (χ2n) is 17.7. The van der Waals surface area contributed by atoms with Crippen molar-refractivity contribution in [2.75, 3.05) is 60.3 Å². The third-order valence-electron chi connectivity index (χ3n) is 12.8. The molecule has 1 aromatic carbocycles. The summed E-state index contributed by atoms with van der Waals surface area (Å²) >= 11 is 0. The van der Waals surface area contributed by atoms with Gasteiger partial charge in [0.25, 0.3) is 0 Å². The molecule has 0 spiro atoms. The minimum absolute atomic E-state index is 0.0184. The molecular weight excluding hydrogens is 781 g/mol. The van der Waals surface area contributed by atoms with Crippen LogP contribution in [0.5, 0.6) is 0 Å². The Kier molecular flexibility index (Phi) is 20.1. The molecule has 1 aromatic rings. The number of rotatable bonds is 22. The Bertz CT molecular complexity index is 1640. The smallest absolute Gasteiger partial charge is 0.246 e. The van der Waals surface area contributed by atoms with Crippen molar-refractivity contribution in [3.05, 3.63) is 29.8 Å². The van der Waals surface area contributed by atoms with Gasteiger partial charge in [0.2, 0.25) is 35.4 Å². The van der Waals surface area contributed by atoms with E-state index in [0.717, 1.165) is 37.8 Å². The number of nitrogens with one attached hydrogen (secondary N) is 3. The SMILES string of the molecule is CC[C@H](C)[C@@H]([C@@H](CC(=O)N1CCC[C@H]1[C@H](OC)[C@@H](C)C(=O)N(C)CCc1cccc(NC(=O)[C@H](C)NC(=O)[C@H](C)N)c1)OC)N(C)C(=O)[C@@H](NC(=O)C1CCCN1C)C(C)C. The number of carbonyl (C=O) groups is 6. The number of hydrogen-bond acceptors (Lipinski definition) is 10. The summed E-state index contributed by atoms with van der Waals surface area (Å²) in [6.45, 7) is 14.7. The predicted molar refractivity (Wildman–Crippen MR) is 236 cm³/mol. The molecule has 0 radical (unpaired) electrons. The average Bonchev–Trinajstić information content (AvgIpc) is 3.90. The van der Waals surface area contributed by atoms with Gasteiger partial charge >= 0.3 is 0 Å². The van der Waals surface area contributed by atoms with Crippen molar-refractivity contribution in [1.82, 2.24) is 30.2 Å². The first kappa shape index (κ1) is 51.2. The molecule has 5 N–H and O–H groups in total. The van der Waals surface area contributed by atoms with E-state index in [2.05, 4.69) is 16.0 Å². The van der Waals surface area contributed by atoms with Crippen molar-refractivity contribution in [3.8, 4) is 0 Å². The number of nitrogens with two attached hydrogens (primary N) is 1. The normalized spacial score (nSPS) is 20.8. The monoisotopic (exact) mass is 857 g/mol. The van der Waals surface area contributed by atoms with Gasteiger partial charge in [-0.2, -0.15) is 0 Å². The van der Waals surface area contributed by atoms with Crippen LogP contribution in [0.4, 0.5) is 5.69 Å². The van der Waals surface area contributed by atoms with Gasteiger partial charge in [-0.05, 0) is 89.1 Å². The van der Waals surface area contributed by atoms with Gasteiger partial charge in [0.1, 0.15) is 12.1 Å². The minimum atomic E-state index is -0.777. The lowest BCUT2D eigenvalue weighted by atomic mass is 9.89. The summed E-state index contributed by atoms with van der Waals surface area (Å²) in [6.07, 6.45) is 3.24. The molecule has 2 saturated heterocycles. The highest BCUT2D eigenvalue weighted by molar-refractivity contribution is 5.97. The fourth-order valence-electron chi connectivity index (χ4n) is 8.74. The van der Waals surface area contributed by atoms with Crippen molar-refractivity contribution < 1.29 is 38.2 Å². The van der Waals surface area contributed by atoms with Gasteiger partial charge in [0.15, 0.2) is 0 Å². The molecule has 0 aromatic heterocycles. The van der Waals surface area contributed by atoms with E-state index in [4.69, 9.17) is 15.2 Å². The number of nitrogens with zero attached hydrogens (tertiary/aromatic N) is 4. The number of carbonyl (C=O) groups excluding carboxylic acids is 6. The van der Waals surface area contributed by atoms with Crippen LogP contribution in [0.1, 0.15) is 92.6 Å². The Morgan fingerprint density at radius 3 is 2.15 bits per heavy atom. The lowest BCUT2D eigenvalue weighted by molar-refractivity contribution is -0.149. The maximum atomic E-state index is 14.3. The Hall–Kier alpha value is -4.12. The third-order valence-corrected chi connectivity index (χ3v) is 12.8. The van der Waals surface area contributed by atoms with Crippen LogP contribution in [0.25, 0.3) is 0 Å². The second-order valence-corrected chi connectivity index (χ2v) is 17.7. The van der Waals surface area contributed by atoms with Crippen LogP contribution >= 0.6 is 0 Å². The molecule has 16 nitrogen and oxygen atoms in total. The Morgan fingerprint density at radius 1 is 0.902 bits per heavy atom. The van der Waals surface area contributed by atoms with Gasteiger partial charge in [-0.3, -0.25) is 33.7 Å². The standard InChI is InChI=1S/C45H76N8O8/c1-13-28(4)39(52(10)45(59)38(27(2)3)49-43(57)35-20-15-22-50(35)8)36(60-11)26-37(54)53-23-16-19-34(53)40(61-12)29(5)44(58)51(9)24-21-32-17-14-18-33(25-32)48-42(56)31(7)47-41(55)30(6)46/h14,17-18,25,27-31,34-36,38-40H,13,15-16,19-24,26,46H2,1-12H3,(H,47,55)(H,48,56)(H,49,57)/t28-,29+,30-,31-,34-,35?,36+,38-,39-,40+/m0/s1. The summed E-state index contributed by atoms with van der Waals surface area (Å²) in [7, 11) is 8.56. The van der Waals surface area contributed by atoms with Crippen molar-refractivity contribution in [3.63, 3.8) is 0 Å². The van der Waals surface area contributed by atoms with E-state index >= 15 is 0 Å². The van der Waals surface area contributed by atoms with Crippen molar-refractivity contribution in [1.29, 1.82) is 0 Å². The first-order valence-corrected chi connectivity index (χ1v) is 22.1. The molecule has 0 bridgehead atoms. The van der Waals surface area contributed by atoms with Gasteiger partial charge in [0.05, 0.1) is 48.7 Å². The van der Waals surface area contributed by atoms with Gasteiger partial charge in [-0.1, -0.05) is 53.2 Å². The highest BCUT2D eigenvalue weighted by Gasteiger charge is 2.43. The van der Waals surface area contributed by atoms with E-state index in [1.807, 2.05) is 69.7 Å². The van der Waals surface area contributed by atoms with Gasteiger partial charge in [0, 0.05) is 47.1 Å². The first-order chi connectivity index (χ1) is 28.8. The molecule has 2 aliphatic heterocycles. The summed E-state index contributed by atoms with van der Waals surface area (Å²) < 4.78 is 12.1. The van der Waals surface area contributed by atoms with E-state index in [1.54, 1.807) is 58.0 Å². The topological polar surface area (TPSA) is 196 Å². The van der Waals surface area contributed by atoms with Crippen LogP contribution in [-0.4, -0.2) is 158 Å². The van der Waals surface area contributed by atoms with Crippen LogP contribution in [0.15, 0.2) is 24.3 Å². The van der Waals surface area contributed by atoms with Crippen LogP contribution < -0.4 is 21.7 Å². The second kappa shape index (κ2) is 23.9. The van der Waals surface area contributed by atoms with E-state index in [0.29, 0.717) is 31.6 Å². The Balaban J connectivity index is 1.68. The number of benzene rings is 1. The largest absolute Gasteiger partial charge is 0.379 e. The maximum absolute atomic E-state index is 14.3. The van der Waals surface area contributed by atoms with Gasteiger partial charge in [-0.15, -0.1) is 0 Å². The maximum Gasteiger partial charge on any atom is 0.246 e. The molecule has 0 saturated carbocycles. The molecular formula is C45H76N8O8. The molecule has 2 fully saturated rings. The van der Waals surface area contributed by atoms with Crippen molar-refractivity contribution in [2.45, 2.75) is 142 Å². The summed E-state index contributed by atoms with van der Waals surface area (Å²) in [4.78, 5) is 87.5. The highest BCUT2D eigenvalue weighted by Crippen LogP contribution is 2.30. The summed E-state index contributed by atoms with van der Waals surface area (Å²) in [5, 5.41) is 8.46. The number of likely N-dealkylation sites (tertiary alicyclic amines) is 2. The number of likely N-dealkylation sites (N-methyl/N-ethyl adjacent to an activating group) is 3. The Labute approximate surface area is 364 Å². The van der Waals surface area contributed by atoms with E-state index < -0.39 is 48.2 Å². The fraction of sp³-hybridized carbons (Fsp3) is 0.733. The molecule has 1 unspecified atom stereocenters. The number of methoxy groups -OCH3 is 2. The third kappa shape index (κ3) is 13.7. The van der Waals surface area contributed by atoms with Gasteiger partial charge < -0.3 is 45.9 Å². The van der Waals surface area contributed by atoms with E-state index in [9.17, 15) is 28.8 Å². The Morgan fingerprint density at radius 2 is 1.57 bits per heavy atom. The lowest BCUT2D eigenvalue weighted by Gasteiger charge is -2.41. The molecule has 3 rings (SSSR count). The molecule has 344 valence electrons. The molecule has 16 heteroatoms.